The van der Waals surface area contributed by atoms with Crippen molar-refractivity contribution in [2.75, 3.05) is 32.8 Å². The fourth-order valence-electron chi connectivity index (χ4n) is 3.81. The molecule has 2 aliphatic rings. The van der Waals surface area contributed by atoms with E-state index in [1.807, 2.05) is 25.7 Å². The molecule has 134 valence electrons. The maximum absolute atomic E-state index is 12.3. The minimum absolute atomic E-state index is 0.173. The number of hydrogen-bond donors (Lipinski definition) is 1. The lowest BCUT2D eigenvalue weighted by Gasteiger charge is -2.40. The van der Waals surface area contributed by atoms with Gasteiger partial charge in [-0.05, 0) is 65.3 Å². The highest BCUT2D eigenvalue weighted by atomic mass is 16.6. The normalized spacial score (nSPS) is 27.0. The van der Waals surface area contributed by atoms with E-state index in [-0.39, 0.29) is 12.7 Å². The Balaban J connectivity index is 1.86. The number of hydrogen-bond acceptors (Lipinski definition) is 4. The zero-order chi connectivity index (χ0) is 16.9. The van der Waals surface area contributed by atoms with E-state index >= 15 is 0 Å². The predicted octanol–water partition coefficient (Wildman–Crippen LogP) is 2.87. The summed E-state index contributed by atoms with van der Waals surface area (Å²) in [6.07, 6.45) is 6.67. The molecule has 0 spiro atoms. The third-order valence-corrected chi connectivity index (χ3v) is 4.87. The number of ether oxygens (including phenoxy) is 1. The van der Waals surface area contributed by atoms with Crippen LogP contribution in [0.3, 0.4) is 0 Å². The van der Waals surface area contributed by atoms with Gasteiger partial charge in [0, 0.05) is 32.3 Å². The molecule has 2 aliphatic heterocycles. The van der Waals surface area contributed by atoms with Crippen LogP contribution in [0.25, 0.3) is 0 Å². The van der Waals surface area contributed by atoms with Gasteiger partial charge >= 0.3 is 6.09 Å². The molecule has 0 radical (unpaired) electrons. The first-order valence-electron chi connectivity index (χ1n) is 9.22. The smallest absolute Gasteiger partial charge is 0.410 e. The fourth-order valence-corrected chi connectivity index (χ4v) is 3.81. The van der Waals surface area contributed by atoms with E-state index in [2.05, 4.69) is 4.90 Å². The molecule has 2 heterocycles. The summed E-state index contributed by atoms with van der Waals surface area (Å²) < 4.78 is 5.52. The van der Waals surface area contributed by atoms with Gasteiger partial charge in [-0.15, -0.1) is 0 Å². The van der Waals surface area contributed by atoms with E-state index < -0.39 is 5.60 Å². The number of aliphatic hydroxyl groups excluding tert-OH is 1. The number of aliphatic hydroxyl groups is 1. The van der Waals surface area contributed by atoms with Gasteiger partial charge in [0.25, 0.3) is 0 Å². The van der Waals surface area contributed by atoms with Gasteiger partial charge in [-0.3, -0.25) is 4.90 Å². The van der Waals surface area contributed by atoms with E-state index in [0.29, 0.717) is 12.0 Å². The zero-order valence-corrected chi connectivity index (χ0v) is 15.1. The Morgan fingerprint density at radius 2 is 1.96 bits per heavy atom. The van der Waals surface area contributed by atoms with Crippen LogP contribution in [0.15, 0.2) is 0 Å². The summed E-state index contributed by atoms with van der Waals surface area (Å²) in [6.45, 7) is 9.81. The first kappa shape index (κ1) is 18.5. The Hall–Kier alpha value is -0.810. The van der Waals surface area contributed by atoms with Crippen molar-refractivity contribution < 1.29 is 14.6 Å². The van der Waals surface area contributed by atoms with E-state index in [1.54, 1.807) is 0 Å². The molecule has 2 saturated heterocycles. The third-order valence-electron chi connectivity index (χ3n) is 4.87. The van der Waals surface area contributed by atoms with Crippen molar-refractivity contribution in [3.63, 3.8) is 0 Å². The van der Waals surface area contributed by atoms with Gasteiger partial charge in [-0.25, -0.2) is 4.79 Å². The molecule has 2 fully saturated rings. The molecule has 0 aromatic carbocycles. The Labute approximate surface area is 141 Å². The molecule has 0 aromatic heterocycles. The predicted molar refractivity (Wildman–Crippen MR) is 91.4 cm³/mol. The second-order valence-corrected chi connectivity index (χ2v) is 8.09. The standard InChI is InChI=1S/C18H34N2O3/c1-18(2,3)23-17(22)20-11-6-7-15(14-20)13-19-10-5-4-8-16(19)9-12-21/h15-16,21H,4-14H2,1-3H3. The number of likely N-dealkylation sites (tertiary alicyclic amines) is 2. The second kappa shape index (κ2) is 8.34. The number of amides is 1. The maximum Gasteiger partial charge on any atom is 0.410 e. The Bertz CT molecular complexity index is 379. The van der Waals surface area contributed by atoms with Crippen molar-refractivity contribution in [2.45, 2.75) is 70.9 Å². The summed E-state index contributed by atoms with van der Waals surface area (Å²) in [5, 5.41) is 9.27. The molecule has 0 saturated carbocycles. The number of nitrogens with zero attached hydrogens (tertiary/aromatic N) is 2. The van der Waals surface area contributed by atoms with E-state index in [9.17, 15) is 9.90 Å². The Kier molecular flexibility index (Phi) is 6.72. The number of piperidine rings is 2. The molecule has 2 unspecified atom stereocenters. The summed E-state index contributed by atoms with van der Waals surface area (Å²) >= 11 is 0. The Morgan fingerprint density at radius 3 is 2.65 bits per heavy atom. The Morgan fingerprint density at radius 1 is 1.17 bits per heavy atom. The molecule has 0 aliphatic carbocycles. The minimum Gasteiger partial charge on any atom is -0.444 e. The van der Waals surface area contributed by atoms with E-state index in [4.69, 9.17) is 4.74 Å². The molecular formula is C18H34N2O3. The number of rotatable bonds is 4. The number of carbonyl (C=O) groups is 1. The molecule has 5 heteroatoms. The molecule has 23 heavy (non-hydrogen) atoms. The minimum atomic E-state index is -0.427. The van der Waals surface area contributed by atoms with Crippen LogP contribution in [0.1, 0.15) is 59.3 Å². The number of carbonyl (C=O) groups excluding carboxylic acids is 1. The van der Waals surface area contributed by atoms with Crippen LogP contribution in [0.5, 0.6) is 0 Å². The van der Waals surface area contributed by atoms with Gasteiger partial charge in [0.2, 0.25) is 0 Å². The summed E-state index contributed by atoms with van der Waals surface area (Å²) in [5.41, 5.74) is -0.427. The van der Waals surface area contributed by atoms with Gasteiger partial charge in [-0.1, -0.05) is 6.42 Å². The summed E-state index contributed by atoms with van der Waals surface area (Å²) in [5.74, 6) is 0.524. The van der Waals surface area contributed by atoms with Crippen LogP contribution in [0, 0.1) is 5.92 Å². The average molecular weight is 326 g/mol. The molecular weight excluding hydrogens is 292 g/mol. The highest BCUT2D eigenvalue weighted by Crippen LogP contribution is 2.25. The topological polar surface area (TPSA) is 53.0 Å². The van der Waals surface area contributed by atoms with Crippen molar-refractivity contribution in [3.8, 4) is 0 Å². The molecule has 1 amide bonds. The second-order valence-electron chi connectivity index (χ2n) is 8.09. The van der Waals surface area contributed by atoms with Gasteiger partial charge in [0.15, 0.2) is 0 Å². The monoisotopic (exact) mass is 326 g/mol. The molecule has 2 rings (SSSR count). The third kappa shape index (κ3) is 5.96. The molecule has 2 atom stereocenters. The first-order chi connectivity index (χ1) is 10.9. The molecule has 5 nitrogen and oxygen atoms in total. The lowest BCUT2D eigenvalue weighted by molar-refractivity contribution is 0.0116. The molecule has 0 bridgehead atoms. The van der Waals surface area contributed by atoms with Crippen LogP contribution < -0.4 is 0 Å². The fraction of sp³-hybridized carbons (Fsp3) is 0.944. The van der Waals surface area contributed by atoms with Crippen LogP contribution in [-0.2, 0) is 4.74 Å². The van der Waals surface area contributed by atoms with Crippen LogP contribution in [0.2, 0.25) is 0 Å². The summed E-state index contributed by atoms with van der Waals surface area (Å²) in [6, 6.07) is 0.519. The highest BCUT2D eigenvalue weighted by molar-refractivity contribution is 5.68. The van der Waals surface area contributed by atoms with Crippen LogP contribution >= 0.6 is 0 Å². The lowest BCUT2D eigenvalue weighted by Crippen LogP contribution is -2.48. The first-order valence-corrected chi connectivity index (χ1v) is 9.22. The van der Waals surface area contributed by atoms with E-state index in [1.165, 1.54) is 25.7 Å². The average Bonchev–Trinajstić information content (AvgIpc) is 2.48. The summed E-state index contributed by atoms with van der Waals surface area (Å²) in [4.78, 5) is 16.7. The zero-order valence-electron chi connectivity index (χ0n) is 15.1. The SMILES string of the molecule is CC(C)(C)OC(=O)N1CCCC(CN2CCCCC2CCO)C1. The van der Waals surface area contributed by atoms with Gasteiger partial charge < -0.3 is 14.7 Å². The quantitative estimate of drug-likeness (QED) is 0.863. The lowest BCUT2D eigenvalue weighted by atomic mass is 9.93. The van der Waals surface area contributed by atoms with Crippen molar-refractivity contribution in [3.05, 3.63) is 0 Å². The van der Waals surface area contributed by atoms with Gasteiger partial charge in [0.05, 0.1) is 0 Å². The molecule has 1 N–H and O–H groups in total. The van der Waals surface area contributed by atoms with Crippen LogP contribution in [-0.4, -0.2) is 65.4 Å². The molecule has 0 aromatic rings. The van der Waals surface area contributed by atoms with Gasteiger partial charge in [-0.2, -0.15) is 0 Å². The van der Waals surface area contributed by atoms with Gasteiger partial charge in [0.1, 0.15) is 5.60 Å². The van der Waals surface area contributed by atoms with Crippen molar-refractivity contribution >= 4 is 6.09 Å². The summed E-state index contributed by atoms with van der Waals surface area (Å²) in [7, 11) is 0. The largest absolute Gasteiger partial charge is 0.444 e. The highest BCUT2D eigenvalue weighted by Gasteiger charge is 2.30. The van der Waals surface area contributed by atoms with Crippen molar-refractivity contribution in [2.24, 2.45) is 5.92 Å². The van der Waals surface area contributed by atoms with Crippen molar-refractivity contribution in [1.29, 1.82) is 0 Å². The maximum atomic E-state index is 12.3. The van der Waals surface area contributed by atoms with Crippen molar-refractivity contribution in [1.82, 2.24) is 9.80 Å². The van der Waals surface area contributed by atoms with E-state index in [0.717, 1.165) is 39.0 Å². The van der Waals surface area contributed by atoms with Crippen LogP contribution in [0.4, 0.5) is 4.79 Å².